The van der Waals surface area contributed by atoms with Gasteiger partial charge < -0.3 is 34.2 Å². The predicted octanol–water partition coefficient (Wildman–Crippen LogP) is 15.1. The van der Waals surface area contributed by atoms with Crippen LogP contribution in [0.25, 0.3) is 11.1 Å². The lowest BCUT2D eigenvalue weighted by Crippen LogP contribution is -2.70. The number of rotatable bonds is 30. The van der Waals surface area contributed by atoms with E-state index in [1.165, 1.54) is 44.2 Å². The van der Waals surface area contributed by atoms with Crippen molar-refractivity contribution in [3.05, 3.63) is 174 Å². The molecule has 1 fully saturated rings. The molecule has 8 rings (SSSR count). The van der Waals surface area contributed by atoms with Crippen LogP contribution in [0.3, 0.4) is 0 Å². The Balaban J connectivity index is 1.25. The smallest absolute Gasteiger partial charge is 0.239 e. The summed E-state index contributed by atoms with van der Waals surface area (Å²) in [7, 11) is 0. The summed E-state index contributed by atoms with van der Waals surface area (Å²) in [5.41, 5.74) is 6.64. The number of oxime groups is 1. The first-order valence-electron chi connectivity index (χ1n) is 28.0. The fourth-order valence-corrected chi connectivity index (χ4v) is 11.8. The van der Waals surface area contributed by atoms with Gasteiger partial charge in [-0.05, 0) is 114 Å². The number of nitrogens with zero attached hydrogens (tertiary/aromatic N) is 2. The van der Waals surface area contributed by atoms with Crippen molar-refractivity contribution >= 4 is 11.6 Å². The number of hydrogen-bond acceptors (Lipinski definition) is 8. The third-order valence-electron chi connectivity index (χ3n) is 15.5. The number of carbonyl (C=O) groups excluding carboxylic acids is 1. The van der Waals surface area contributed by atoms with Crippen molar-refractivity contribution in [3.8, 4) is 28.4 Å². The Hall–Kier alpha value is -6.07. The molecule has 0 unspecified atom stereocenters. The number of aliphatic hydroxyl groups is 2. The average Bonchev–Trinajstić information content (AvgIpc) is 3.55. The molecule has 5 aromatic carbocycles. The highest BCUT2D eigenvalue weighted by Gasteiger charge is 2.65. The van der Waals surface area contributed by atoms with Gasteiger partial charge in [0.05, 0.1) is 18.2 Å². The number of halogens is 1. The maximum absolute atomic E-state index is 15.3. The van der Waals surface area contributed by atoms with Gasteiger partial charge in [-0.1, -0.05) is 173 Å². The number of unbranched alkanes of at least 4 members (excludes halogenated alkanes) is 10. The Labute approximate surface area is 445 Å². The van der Waals surface area contributed by atoms with Gasteiger partial charge in [-0.15, -0.1) is 6.58 Å². The molecule has 0 bridgehead atoms. The van der Waals surface area contributed by atoms with Gasteiger partial charge in [-0.25, -0.2) is 4.39 Å². The van der Waals surface area contributed by atoms with E-state index in [2.05, 4.69) is 49.9 Å². The summed E-state index contributed by atoms with van der Waals surface area (Å²) >= 11 is 0. The molecule has 1 saturated carbocycles. The van der Waals surface area contributed by atoms with Gasteiger partial charge in [0.15, 0.2) is 0 Å². The number of ether oxygens (including phenoxy) is 3. The molecule has 6 atom stereocenters. The van der Waals surface area contributed by atoms with Gasteiger partial charge in [0, 0.05) is 44.1 Å². The van der Waals surface area contributed by atoms with Crippen LogP contribution in [0.15, 0.2) is 157 Å². The number of carbonyl (C=O) groups is 1. The Morgan fingerprint density at radius 3 is 2.11 bits per heavy atom. The largest absolute Gasteiger partial charge is 0.459 e. The molecule has 1 aliphatic heterocycles. The van der Waals surface area contributed by atoms with Gasteiger partial charge in [-0.3, -0.25) is 4.79 Å². The molecule has 0 radical (unpaired) electrons. The maximum atomic E-state index is 15.3. The monoisotopic (exact) mass is 1020 g/mol. The first kappa shape index (κ1) is 55.2. The van der Waals surface area contributed by atoms with E-state index in [0.29, 0.717) is 36.5 Å². The van der Waals surface area contributed by atoms with Crippen molar-refractivity contribution in [3.63, 3.8) is 0 Å². The summed E-state index contributed by atoms with van der Waals surface area (Å²) in [4.78, 5) is 23.6. The van der Waals surface area contributed by atoms with Crippen LogP contribution in [0.1, 0.15) is 139 Å². The minimum Gasteiger partial charge on any atom is -0.459 e. The number of fused-ring (bicyclic) bond motifs is 2. The summed E-state index contributed by atoms with van der Waals surface area (Å²) in [6.45, 7) is 7.14. The van der Waals surface area contributed by atoms with Crippen molar-refractivity contribution in [2.45, 2.75) is 147 Å². The third kappa shape index (κ3) is 14.3. The summed E-state index contributed by atoms with van der Waals surface area (Å²) in [6.07, 6.45) is 19.4. The van der Waals surface area contributed by atoms with Crippen LogP contribution >= 0.6 is 0 Å². The van der Waals surface area contributed by atoms with Crippen molar-refractivity contribution in [2.75, 3.05) is 19.8 Å². The first-order chi connectivity index (χ1) is 36.8. The van der Waals surface area contributed by atoms with E-state index in [4.69, 9.17) is 24.2 Å². The zero-order valence-corrected chi connectivity index (χ0v) is 44.1. The zero-order valence-electron chi connectivity index (χ0n) is 44.1. The number of aliphatic hydroxyl groups excluding tert-OH is 2. The standard InChI is InChI=1S/C65H79FN2O7/c1-3-5-6-7-8-9-10-11-18-29-62(71)68(46-48-30-34-53(66)35-31-48)61-45-59(67-73-47-49-23-14-12-15-24-49)57-43-52(27-19-21-40-69)56(28-20-22-41-70)63-58-44-55(38-39-60(58)75-65(61,64(57)63)72-42-4-2)74-54-36-32-51(33-37-54)50-25-16-13-17-26-50/h4,12-17,23-26,30-39,43-44,52,56,61,63-64,69-70H,2-3,5-11,18-22,27-29,40-42,45-47H2,1H3/t52-,56+,61-,63+,64+,65+/m0/s1. The molecule has 0 saturated heterocycles. The lowest BCUT2D eigenvalue weighted by Gasteiger charge is -2.60. The summed E-state index contributed by atoms with van der Waals surface area (Å²) in [5, 5.41) is 25.3. The van der Waals surface area contributed by atoms with E-state index in [1.54, 1.807) is 18.2 Å². The lowest BCUT2D eigenvalue weighted by atomic mass is 9.55. The number of amides is 1. The SMILES string of the molecule is C=CCO[C@@]12Oc3ccc(Oc4ccc(-c5ccccc5)cc4)cc3[C@H]3[C@H](CCCCO)[C@@H](CCCCO)C=C(C(=NOCc4ccccc4)C[C@@H]1N(Cc1ccc(F)cc1)C(=O)CCCCCCCCCCC)[C@H]32. The summed E-state index contributed by atoms with van der Waals surface area (Å²) in [5.74, 6) is -0.445. The van der Waals surface area contributed by atoms with Crippen LogP contribution in [0.5, 0.6) is 17.2 Å². The fraction of sp³-hybridized carbons (Fsp3) is 0.446. The minimum absolute atomic E-state index is 0.0315. The quantitative estimate of drug-likeness (QED) is 0.0268. The second-order valence-electron chi connectivity index (χ2n) is 20.8. The first-order valence-corrected chi connectivity index (χ1v) is 28.0. The molecule has 3 aliphatic rings. The molecule has 2 aliphatic carbocycles. The van der Waals surface area contributed by atoms with E-state index < -0.39 is 17.7 Å². The average molecular weight is 1020 g/mol. The highest BCUT2D eigenvalue weighted by molar-refractivity contribution is 6.03. The topological polar surface area (TPSA) is 110 Å². The van der Waals surface area contributed by atoms with Gasteiger partial charge in [-0.2, -0.15) is 0 Å². The maximum Gasteiger partial charge on any atom is 0.239 e. The molecule has 2 N–H and O–H groups in total. The predicted molar refractivity (Wildman–Crippen MR) is 297 cm³/mol. The van der Waals surface area contributed by atoms with Crippen molar-refractivity contribution in [1.29, 1.82) is 0 Å². The second kappa shape index (κ2) is 28.2. The molecule has 5 aromatic rings. The van der Waals surface area contributed by atoms with Gasteiger partial charge in [0.1, 0.15) is 35.7 Å². The van der Waals surface area contributed by atoms with E-state index >= 15 is 4.79 Å². The van der Waals surface area contributed by atoms with Crippen LogP contribution < -0.4 is 9.47 Å². The Morgan fingerprint density at radius 1 is 0.760 bits per heavy atom. The number of allylic oxidation sites excluding steroid dienone is 1. The van der Waals surface area contributed by atoms with Gasteiger partial charge >= 0.3 is 0 Å². The Bertz CT molecular complexity index is 2600. The van der Waals surface area contributed by atoms with Crippen LogP contribution in [0.2, 0.25) is 0 Å². The van der Waals surface area contributed by atoms with Gasteiger partial charge in [0.2, 0.25) is 11.7 Å². The van der Waals surface area contributed by atoms with E-state index in [-0.39, 0.29) is 68.9 Å². The lowest BCUT2D eigenvalue weighted by molar-refractivity contribution is -0.258. The van der Waals surface area contributed by atoms with Crippen LogP contribution in [0.4, 0.5) is 4.39 Å². The molecule has 1 heterocycles. The van der Waals surface area contributed by atoms with Crippen molar-refractivity contribution < 1.29 is 38.4 Å². The molecule has 10 heteroatoms. The minimum atomic E-state index is -1.44. The van der Waals surface area contributed by atoms with Crippen LogP contribution in [-0.2, 0) is 27.5 Å². The highest BCUT2D eigenvalue weighted by atomic mass is 19.1. The van der Waals surface area contributed by atoms with Crippen LogP contribution in [-0.4, -0.2) is 58.4 Å². The van der Waals surface area contributed by atoms with E-state index in [9.17, 15) is 14.6 Å². The zero-order chi connectivity index (χ0) is 52.2. The molecule has 75 heavy (non-hydrogen) atoms. The molecule has 0 aromatic heterocycles. The van der Waals surface area contributed by atoms with E-state index in [1.807, 2.05) is 77.7 Å². The summed E-state index contributed by atoms with van der Waals surface area (Å²) < 4.78 is 36.1. The molecule has 1 amide bonds. The second-order valence-corrected chi connectivity index (χ2v) is 20.8. The molecule has 0 spiro atoms. The molecule has 9 nitrogen and oxygen atoms in total. The third-order valence-corrected chi connectivity index (χ3v) is 15.5. The number of hydrogen-bond donors (Lipinski definition) is 2. The molecule has 398 valence electrons. The highest BCUT2D eigenvalue weighted by Crippen LogP contribution is 2.62. The Morgan fingerprint density at radius 2 is 1.41 bits per heavy atom. The molecular formula is C65H79FN2O7. The normalized spacial score (nSPS) is 21.1. The van der Waals surface area contributed by atoms with Crippen molar-refractivity contribution in [1.82, 2.24) is 4.90 Å². The van der Waals surface area contributed by atoms with Gasteiger partial charge in [0.25, 0.3) is 0 Å². The molecular weight excluding hydrogens is 940 g/mol. The van der Waals surface area contributed by atoms with Crippen LogP contribution in [0, 0.1) is 23.6 Å². The summed E-state index contributed by atoms with van der Waals surface area (Å²) in [6, 6.07) is 40.1. The van der Waals surface area contributed by atoms with Crippen molar-refractivity contribution in [2.24, 2.45) is 22.9 Å². The Kier molecular flexibility index (Phi) is 20.7. The fourth-order valence-electron chi connectivity index (χ4n) is 11.8. The van der Waals surface area contributed by atoms with E-state index in [0.717, 1.165) is 90.5 Å². The number of benzene rings is 5.